The van der Waals surface area contributed by atoms with Crippen molar-refractivity contribution in [2.45, 2.75) is 44.8 Å². The molecule has 0 aliphatic carbocycles. The van der Waals surface area contributed by atoms with E-state index in [1.54, 1.807) is 0 Å². The van der Waals surface area contributed by atoms with Gasteiger partial charge in [-0.25, -0.2) is 4.79 Å². The second kappa shape index (κ2) is 7.74. The van der Waals surface area contributed by atoms with Crippen molar-refractivity contribution in [3.63, 3.8) is 0 Å². The van der Waals surface area contributed by atoms with E-state index in [-0.39, 0.29) is 19.8 Å². The Bertz CT molecular complexity index is 677. The summed E-state index contributed by atoms with van der Waals surface area (Å²) in [4.78, 5) is 36.6. The van der Waals surface area contributed by atoms with Crippen LogP contribution in [0, 0.1) is 0 Å². The van der Waals surface area contributed by atoms with Crippen LogP contribution in [0.15, 0.2) is 30.3 Å². The highest BCUT2D eigenvalue weighted by molar-refractivity contribution is 5.72. The first-order chi connectivity index (χ1) is 12.5. The average molecular weight is 363 g/mol. The van der Waals surface area contributed by atoms with Gasteiger partial charge in [-0.2, -0.15) is 0 Å². The van der Waals surface area contributed by atoms with Crippen LogP contribution >= 0.6 is 0 Å². The summed E-state index contributed by atoms with van der Waals surface area (Å²) in [6.45, 7) is 3.07. The molecule has 0 aromatic heterocycles. The van der Waals surface area contributed by atoms with Gasteiger partial charge in [-0.1, -0.05) is 30.3 Å². The minimum Gasteiger partial charge on any atom is -0.456 e. The van der Waals surface area contributed by atoms with Gasteiger partial charge in [0.15, 0.2) is 12.2 Å². The molecular weight excluding hydrogens is 342 g/mol. The van der Waals surface area contributed by atoms with Crippen LogP contribution in [0.5, 0.6) is 0 Å². The second-order valence-electron chi connectivity index (χ2n) is 6.28. The monoisotopic (exact) mass is 363 g/mol. The van der Waals surface area contributed by atoms with Gasteiger partial charge in [-0.15, -0.1) is 0 Å². The molecule has 2 saturated heterocycles. The third kappa shape index (κ3) is 3.96. The predicted molar refractivity (Wildman–Crippen MR) is 88.0 cm³/mol. The van der Waals surface area contributed by atoms with Gasteiger partial charge in [0.1, 0.15) is 18.8 Å². The maximum Gasteiger partial charge on any atom is 0.410 e. The second-order valence-corrected chi connectivity index (χ2v) is 6.28. The first kappa shape index (κ1) is 18.2. The Balaban J connectivity index is 1.82. The lowest BCUT2D eigenvalue weighted by Crippen LogP contribution is -2.63. The number of fused-ring (bicyclic) bond motifs is 1. The molecule has 3 rings (SSSR count). The van der Waals surface area contributed by atoms with E-state index in [1.165, 1.54) is 18.7 Å². The molecule has 8 nitrogen and oxygen atoms in total. The first-order valence-electron chi connectivity index (χ1n) is 8.39. The third-order valence-electron chi connectivity index (χ3n) is 4.37. The molecule has 1 amide bonds. The summed E-state index contributed by atoms with van der Waals surface area (Å²) in [5.74, 6) is -1.05. The lowest BCUT2D eigenvalue weighted by atomic mass is 9.94. The van der Waals surface area contributed by atoms with Crippen LogP contribution in [-0.2, 0) is 35.1 Å². The van der Waals surface area contributed by atoms with Crippen molar-refractivity contribution in [3.8, 4) is 0 Å². The maximum absolute atomic E-state index is 12.0. The molecule has 2 aliphatic heterocycles. The van der Waals surface area contributed by atoms with Crippen LogP contribution in [-0.4, -0.2) is 60.4 Å². The number of benzene rings is 1. The van der Waals surface area contributed by atoms with Crippen LogP contribution in [0.25, 0.3) is 0 Å². The molecule has 0 saturated carbocycles. The van der Waals surface area contributed by atoms with Gasteiger partial charge in [0.25, 0.3) is 0 Å². The number of ether oxygens (including phenoxy) is 4. The number of hydrogen-bond acceptors (Lipinski definition) is 7. The molecule has 26 heavy (non-hydrogen) atoms. The highest BCUT2D eigenvalue weighted by atomic mass is 16.6. The summed E-state index contributed by atoms with van der Waals surface area (Å²) in [6.07, 6.45) is -2.82. The maximum atomic E-state index is 12.0. The van der Waals surface area contributed by atoms with E-state index >= 15 is 0 Å². The van der Waals surface area contributed by atoms with Gasteiger partial charge < -0.3 is 18.9 Å². The van der Waals surface area contributed by atoms with Gasteiger partial charge in [-0.3, -0.25) is 14.5 Å². The number of piperidine rings is 1. The normalized spacial score (nSPS) is 27.5. The lowest BCUT2D eigenvalue weighted by Gasteiger charge is -2.42. The largest absolute Gasteiger partial charge is 0.456 e. The minimum atomic E-state index is -0.850. The van der Waals surface area contributed by atoms with Gasteiger partial charge in [0, 0.05) is 13.8 Å². The van der Waals surface area contributed by atoms with E-state index < -0.39 is 42.4 Å². The smallest absolute Gasteiger partial charge is 0.410 e. The molecule has 0 bridgehead atoms. The van der Waals surface area contributed by atoms with Crippen molar-refractivity contribution in [2.24, 2.45) is 0 Å². The van der Waals surface area contributed by atoms with E-state index in [2.05, 4.69) is 0 Å². The Morgan fingerprint density at radius 2 is 1.77 bits per heavy atom. The molecule has 140 valence electrons. The molecule has 0 spiro atoms. The summed E-state index contributed by atoms with van der Waals surface area (Å²) >= 11 is 0. The van der Waals surface area contributed by atoms with Crippen molar-refractivity contribution in [1.29, 1.82) is 0 Å². The number of hydrogen-bond donors (Lipinski definition) is 0. The van der Waals surface area contributed by atoms with Crippen molar-refractivity contribution < 1.29 is 33.3 Å². The summed E-state index contributed by atoms with van der Waals surface area (Å²) < 4.78 is 21.8. The van der Waals surface area contributed by atoms with Crippen molar-refractivity contribution in [1.82, 2.24) is 4.90 Å². The SMILES string of the molecule is CC(=O)O[C@H]1[C@H](OC(C)=O)[C@H](OCc2ccccc2)CN2C(=O)OC[C@H]12. The van der Waals surface area contributed by atoms with E-state index in [4.69, 9.17) is 18.9 Å². The predicted octanol–water partition coefficient (Wildman–Crippen LogP) is 1.27. The minimum absolute atomic E-state index is 0.0694. The van der Waals surface area contributed by atoms with E-state index in [0.717, 1.165) is 5.56 Å². The molecule has 4 atom stereocenters. The molecule has 2 fully saturated rings. The molecular formula is C18H21NO7. The van der Waals surface area contributed by atoms with Crippen molar-refractivity contribution in [3.05, 3.63) is 35.9 Å². The Morgan fingerprint density at radius 1 is 1.12 bits per heavy atom. The number of cyclic esters (lactones) is 1. The van der Waals surface area contributed by atoms with Gasteiger partial charge in [0.2, 0.25) is 0 Å². The molecule has 8 heteroatoms. The fraction of sp³-hybridized carbons (Fsp3) is 0.500. The highest BCUT2D eigenvalue weighted by Gasteiger charge is 2.53. The molecule has 0 N–H and O–H groups in total. The van der Waals surface area contributed by atoms with Crippen LogP contribution in [0.4, 0.5) is 4.79 Å². The fourth-order valence-corrected chi connectivity index (χ4v) is 3.27. The molecule has 1 aromatic carbocycles. The van der Waals surface area contributed by atoms with Crippen LogP contribution < -0.4 is 0 Å². The topological polar surface area (TPSA) is 91.4 Å². The Kier molecular flexibility index (Phi) is 5.41. The van der Waals surface area contributed by atoms with E-state index in [9.17, 15) is 14.4 Å². The first-order valence-corrected chi connectivity index (χ1v) is 8.39. The number of nitrogens with zero attached hydrogens (tertiary/aromatic N) is 1. The number of carbonyl (C=O) groups excluding carboxylic acids is 3. The molecule has 1 aromatic rings. The van der Waals surface area contributed by atoms with Crippen LogP contribution in [0.2, 0.25) is 0 Å². The zero-order valence-corrected chi connectivity index (χ0v) is 14.6. The van der Waals surface area contributed by atoms with Gasteiger partial charge in [0.05, 0.1) is 13.2 Å². The number of rotatable bonds is 5. The van der Waals surface area contributed by atoms with Crippen LogP contribution in [0.3, 0.4) is 0 Å². The summed E-state index contributed by atoms with van der Waals surface area (Å²) in [6, 6.07) is 8.97. The zero-order chi connectivity index (χ0) is 18.7. The molecule has 0 unspecified atom stereocenters. The van der Waals surface area contributed by atoms with Crippen molar-refractivity contribution in [2.75, 3.05) is 13.2 Å². The van der Waals surface area contributed by atoms with Crippen LogP contribution in [0.1, 0.15) is 19.4 Å². The fourth-order valence-electron chi connectivity index (χ4n) is 3.27. The summed E-state index contributed by atoms with van der Waals surface area (Å²) in [7, 11) is 0. The summed E-state index contributed by atoms with van der Waals surface area (Å²) in [5, 5.41) is 0. The molecule has 2 aliphatic rings. The van der Waals surface area contributed by atoms with Crippen molar-refractivity contribution >= 4 is 18.0 Å². The zero-order valence-electron chi connectivity index (χ0n) is 14.6. The summed E-state index contributed by atoms with van der Waals surface area (Å²) in [5.41, 5.74) is 0.934. The van der Waals surface area contributed by atoms with E-state index in [0.29, 0.717) is 0 Å². The number of amides is 1. The average Bonchev–Trinajstić information content (AvgIpc) is 2.96. The standard InChI is InChI=1S/C18H21NO7/c1-11(20)25-16-14-10-24-18(22)19(14)8-15(17(16)26-12(2)21)23-9-13-6-4-3-5-7-13/h3-7,14-17H,8-10H2,1-2H3/t14-,15-,16-,17-/m1/s1. The Hall–Kier alpha value is -2.61. The molecule has 2 heterocycles. The Morgan fingerprint density at radius 3 is 2.42 bits per heavy atom. The van der Waals surface area contributed by atoms with E-state index in [1.807, 2.05) is 30.3 Å². The quantitative estimate of drug-likeness (QED) is 0.575. The van der Waals surface area contributed by atoms with Gasteiger partial charge >= 0.3 is 18.0 Å². The number of esters is 2. The number of carbonyl (C=O) groups is 3. The lowest BCUT2D eigenvalue weighted by molar-refractivity contribution is -0.196. The Labute approximate surface area is 150 Å². The highest BCUT2D eigenvalue weighted by Crippen LogP contribution is 2.30. The molecule has 0 radical (unpaired) electrons. The van der Waals surface area contributed by atoms with Gasteiger partial charge in [-0.05, 0) is 5.56 Å². The third-order valence-corrected chi connectivity index (χ3v) is 4.37.